The number of carbonyl (C=O) groups is 7. The van der Waals surface area contributed by atoms with Crippen LogP contribution >= 0.6 is 7.82 Å². The first-order valence-corrected chi connectivity index (χ1v) is 32.1. The maximum absolute atomic E-state index is 14.4. The molecule has 2 aromatic rings. The molecule has 92 heavy (non-hydrogen) atoms. The minimum Gasteiger partial charge on any atom is -0.870 e. The molecule has 28 nitrogen and oxygen atoms in total. The number of phosphoric acid groups is 1. The number of nitrogens with one attached hydrogen (secondary N) is 2. The van der Waals surface area contributed by atoms with Crippen molar-refractivity contribution in [1.29, 1.82) is 0 Å². The third-order valence-electron chi connectivity index (χ3n) is 20.6. The van der Waals surface area contributed by atoms with E-state index in [2.05, 4.69) is 15.6 Å². The van der Waals surface area contributed by atoms with Crippen molar-refractivity contribution in [3.05, 3.63) is 63.9 Å². The number of aliphatic imine (C=N–C) groups is 3. The number of rotatable bonds is 26. The van der Waals surface area contributed by atoms with Crippen molar-refractivity contribution >= 4 is 77.3 Å². The molecule has 6 aliphatic rings. The number of hydrogen-bond donors (Lipinski definition) is 11. The monoisotopic (exact) mass is 1350 g/mol. The minimum atomic E-state index is -5.07. The van der Waals surface area contributed by atoms with Crippen LogP contribution in [0.25, 0.3) is 11.0 Å². The van der Waals surface area contributed by atoms with Gasteiger partial charge in [0.05, 0.1) is 41.7 Å². The maximum Gasteiger partial charge on any atom is 3.00 e. The van der Waals surface area contributed by atoms with Gasteiger partial charge in [-0.25, -0.2) is 9.55 Å². The zero-order chi connectivity index (χ0) is 66.7. The van der Waals surface area contributed by atoms with Crippen LogP contribution in [0.15, 0.2) is 67.8 Å². The van der Waals surface area contributed by atoms with E-state index in [1.54, 1.807) is 4.57 Å². The number of aryl methyl sites for hydroxylation is 2. The number of aliphatic hydroxyl groups excluding tert-OH is 2. The number of fused-ring (bicyclic) bond motifs is 7. The van der Waals surface area contributed by atoms with Gasteiger partial charge in [-0.15, -0.1) is 0 Å². The molecule has 1 aromatic carbocycles. The van der Waals surface area contributed by atoms with Crippen LogP contribution in [0.4, 0.5) is 0 Å². The minimum absolute atomic E-state index is 0. The predicted octanol–water partition coefficient (Wildman–Crippen LogP) is 2.98. The average molecular weight is 1350 g/mol. The van der Waals surface area contributed by atoms with Crippen LogP contribution < -0.4 is 45.0 Å². The first kappa shape index (κ1) is 74.5. The Bertz CT molecular complexity index is 3550. The third kappa shape index (κ3) is 14.1. The Kier molecular flexibility index (Phi) is 22.5. The Morgan fingerprint density at radius 3 is 1.97 bits per heavy atom. The molecule has 2 fully saturated rings. The van der Waals surface area contributed by atoms with Crippen LogP contribution in [0.1, 0.15) is 150 Å². The summed E-state index contributed by atoms with van der Waals surface area (Å²) >= 11 is 0. The molecule has 8 bridgehead atoms. The smallest absolute Gasteiger partial charge is 0.870 e. The van der Waals surface area contributed by atoms with E-state index in [1.807, 2.05) is 87.4 Å². The van der Waals surface area contributed by atoms with Gasteiger partial charge in [-0.05, 0) is 108 Å². The normalized spacial score (nSPS) is 33.5. The van der Waals surface area contributed by atoms with Crippen LogP contribution in [-0.2, 0) is 68.7 Å². The first-order valence-electron chi connectivity index (χ1n) is 30.6. The molecular formula is C62H91CoN13O15P+2. The number of imidazole rings is 1. The van der Waals surface area contributed by atoms with Gasteiger partial charge in [-0.1, -0.05) is 34.6 Å². The van der Waals surface area contributed by atoms with Gasteiger partial charge < -0.3 is 74.9 Å². The molecule has 6 aliphatic heterocycles. The summed E-state index contributed by atoms with van der Waals surface area (Å²) in [5.41, 5.74) is 37.4. The summed E-state index contributed by atoms with van der Waals surface area (Å²) in [6.07, 6.45) is -4.26. The Labute approximate surface area is 545 Å². The molecule has 1 aromatic heterocycles. The molecule has 7 amide bonds. The number of aliphatic hydroxyl groups is 2. The molecule has 0 aliphatic carbocycles. The number of amides is 7. The largest absolute Gasteiger partial charge is 3.00 e. The quantitative estimate of drug-likeness (QED) is 0.0603. The van der Waals surface area contributed by atoms with Crippen LogP contribution in [0.2, 0.25) is 0 Å². The third-order valence-corrected chi connectivity index (χ3v) is 21.7. The maximum atomic E-state index is 14.4. The van der Waals surface area contributed by atoms with Gasteiger partial charge in [0.25, 0.3) is 0 Å². The van der Waals surface area contributed by atoms with Crippen LogP contribution in [-0.4, -0.2) is 138 Å². The topological polar surface area (TPSA) is 490 Å². The summed E-state index contributed by atoms with van der Waals surface area (Å²) in [6.45, 7) is 19.3. The van der Waals surface area contributed by atoms with E-state index in [4.69, 9.17) is 63.2 Å². The first-order chi connectivity index (χ1) is 41.8. The summed E-state index contributed by atoms with van der Waals surface area (Å²) in [7, 11) is -5.07. The number of phosphoric ester groups is 1. The number of allylic oxidation sites excluding steroid dienone is 6. The van der Waals surface area contributed by atoms with E-state index < -0.39 is 143 Å². The van der Waals surface area contributed by atoms with Crippen molar-refractivity contribution in [2.24, 2.45) is 94.7 Å². The second-order valence-corrected chi connectivity index (χ2v) is 28.4. The van der Waals surface area contributed by atoms with Crippen molar-refractivity contribution in [1.82, 2.24) is 20.2 Å². The molecule has 506 valence electrons. The summed E-state index contributed by atoms with van der Waals surface area (Å²) in [6, 6.07) is 2.70. The number of carbonyl (C=O) groups excluding carboxylic acids is 7. The van der Waals surface area contributed by atoms with Crippen LogP contribution in [0.5, 0.6) is 0 Å². The molecule has 15 atom stereocenters. The Morgan fingerprint density at radius 1 is 0.804 bits per heavy atom. The van der Waals surface area contributed by atoms with Gasteiger partial charge in [-0.2, -0.15) is 0 Å². The molecule has 1 unspecified atom stereocenters. The van der Waals surface area contributed by atoms with Gasteiger partial charge in [0, 0.05) is 131 Å². The van der Waals surface area contributed by atoms with Crippen molar-refractivity contribution in [3.8, 4) is 0 Å². The SMILES string of the molecule is C/C1=C2N=C(/C=C3\N/C(=C(/C)C4=N[C@@](C)([C@@H]5N=C1[C@](C)(CCC(=O)NC[C@@H](C)OP(=O)(O)O[C@H]1[C@@H](O)[C@@H](n6cnc7cc(C)c(C)cc76)O[C@@H]1CO)[C@H]5CC(N)=O)[C@@](C)(CC(N)=O)[C@@H]4CCC(N)=O)[C@@](C)(CC(N)=O)[C@@H]3CCC(N)=O)C(C)(C)[C@@H]/2CCC(N)=O.[Co+3].[OH-]. The second kappa shape index (κ2) is 27.8. The van der Waals surface area contributed by atoms with Gasteiger partial charge in [0.15, 0.2) is 6.23 Å². The predicted molar refractivity (Wildman–Crippen MR) is 336 cm³/mol. The fraction of sp³-hybridized carbons (Fsp3) is 0.629. The number of ether oxygens (including phenoxy) is 1. The van der Waals surface area contributed by atoms with E-state index in [1.165, 1.54) is 13.3 Å². The molecule has 0 radical (unpaired) electrons. The van der Waals surface area contributed by atoms with E-state index in [9.17, 15) is 53.2 Å². The fourth-order valence-electron chi connectivity index (χ4n) is 15.4. The number of aromatic nitrogens is 2. The average Bonchev–Trinajstić information content (AvgIpc) is 1.53. The Morgan fingerprint density at radius 2 is 1.39 bits per heavy atom. The molecular weight excluding hydrogens is 1260 g/mol. The number of nitrogens with two attached hydrogens (primary N) is 6. The number of nitrogens with zero attached hydrogens (tertiary/aromatic N) is 5. The van der Waals surface area contributed by atoms with E-state index in [0.29, 0.717) is 56.4 Å². The fourth-order valence-corrected chi connectivity index (χ4v) is 16.6. The summed E-state index contributed by atoms with van der Waals surface area (Å²) < 4.78 is 32.3. The van der Waals surface area contributed by atoms with Crippen LogP contribution in [0, 0.1) is 59.2 Å². The number of hydrogen-bond acceptors (Lipinski definition) is 19. The molecule has 8 rings (SSSR count). The molecule has 18 N–H and O–H groups in total. The zero-order valence-electron chi connectivity index (χ0n) is 54.0. The van der Waals surface area contributed by atoms with Gasteiger partial charge in [0.2, 0.25) is 41.4 Å². The number of benzene rings is 1. The number of primary amides is 6. The van der Waals surface area contributed by atoms with Crippen molar-refractivity contribution in [2.45, 2.75) is 189 Å². The summed E-state index contributed by atoms with van der Waals surface area (Å²) in [4.78, 5) is 126. The standard InChI is InChI=1S/C62H90N13O14P.Co.H2O/c1-29-20-39-40(21-30(29)2)75(28-70-39)57-52(84)53(41(27-76)87-57)89-90(85,86)88-31(3)26-69-49(83)18-19-59(8)37(22-46(66)80)56-62(11)61(10,25-48(68)82)36(14-17-45(65)79)51(74-62)33(5)55-60(9,24-47(67)81)34(12-15-43(63)77)38(71-55)23-42-58(6,7)35(13-16-44(64)78)50(72-42)32(4)54(59)73-56;;/h20-21,23,28,31,34-37,41,52-53,56-57,71,76,84H,12-19,22,24-27H2,1-11H3,(H2,63,77)(H2,64,78)(H2,65,79)(H2,66,80)(H2,67,81)(H2,68,82)(H,69,83)(H,85,86);;1H2/q;+3;/p-1/b38-23-,50-32-,55-33-;;/t31-,34-,35-,36-,37+,41-,52-,53-,56-,57+,59-,60+,61+,62+;;/m1../s1. The van der Waals surface area contributed by atoms with Gasteiger partial charge in [-0.3, -0.25) is 57.6 Å². The van der Waals surface area contributed by atoms with Gasteiger partial charge >= 0.3 is 24.6 Å². The zero-order valence-corrected chi connectivity index (χ0v) is 56.0. The van der Waals surface area contributed by atoms with Crippen molar-refractivity contribution < 1.29 is 89.3 Å². The second-order valence-electron chi connectivity index (χ2n) is 27.1. The van der Waals surface area contributed by atoms with Crippen molar-refractivity contribution in [2.75, 3.05) is 13.2 Å². The molecule has 0 spiro atoms. The van der Waals surface area contributed by atoms with E-state index in [0.717, 1.165) is 11.1 Å². The Balaban J connectivity index is 0.00000672. The molecule has 2 saturated heterocycles. The molecule has 30 heteroatoms. The van der Waals surface area contributed by atoms with Crippen LogP contribution in [0.3, 0.4) is 0 Å². The van der Waals surface area contributed by atoms with Crippen molar-refractivity contribution in [3.63, 3.8) is 0 Å². The summed E-state index contributed by atoms with van der Waals surface area (Å²) in [5, 5.41) is 28.2. The molecule has 0 saturated carbocycles. The van der Waals surface area contributed by atoms with E-state index >= 15 is 0 Å². The summed E-state index contributed by atoms with van der Waals surface area (Å²) in [5.74, 6) is -7.18. The van der Waals surface area contributed by atoms with Gasteiger partial charge in [0.1, 0.15) is 18.3 Å². The van der Waals surface area contributed by atoms with E-state index in [-0.39, 0.29) is 99.4 Å². The molecule has 7 heterocycles. The Hall–Kier alpha value is -6.53.